The first kappa shape index (κ1) is 14.2. The number of carbonyl (C=O) groups is 1. The van der Waals surface area contributed by atoms with Crippen LogP contribution in [0.2, 0.25) is 0 Å². The molecule has 0 radical (unpaired) electrons. The highest BCUT2D eigenvalue weighted by atomic mass is 16.2. The van der Waals surface area contributed by atoms with E-state index in [2.05, 4.69) is 22.9 Å². The minimum absolute atomic E-state index is 0.101. The Morgan fingerprint density at radius 3 is 2.71 bits per heavy atom. The predicted molar refractivity (Wildman–Crippen MR) is 86.5 cm³/mol. The molecule has 4 heteroatoms. The maximum absolute atomic E-state index is 12.4. The molecule has 0 aromatic heterocycles. The molecule has 1 unspecified atom stereocenters. The van der Waals surface area contributed by atoms with Crippen LogP contribution in [0.1, 0.15) is 39.0 Å². The summed E-state index contributed by atoms with van der Waals surface area (Å²) in [5.41, 5.74) is 2.36. The topological polar surface area (TPSA) is 53.2 Å². The number of fused-ring (bicyclic) bond motifs is 1. The van der Waals surface area contributed by atoms with E-state index in [9.17, 15) is 4.79 Å². The Labute approximate surface area is 126 Å². The second-order valence-electron chi connectivity index (χ2n) is 6.71. The zero-order chi connectivity index (χ0) is 14.7. The fourth-order valence-electron chi connectivity index (χ4n) is 3.38. The second kappa shape index (κ2) is 5.96. The highest BCUT2D eigenvalue weighted by molar-refractivity contribution is 5.88. The number of benzene rings is 1. The summed E-state index contributed by atoms with van der Waals surface area (Å²) in [7, 11) is 0. The molecule has 1 aromatic rings. The average molecular weight is 287 g/mol. The molecule has 1 fully saturated rings. The molecule has 1 aliphatic heterocycles. The third-order valence-corrected chi connectivity index (χ3v) is 4.82. The van der Waals surface area contributed by atoms with Gasteiger partial charge in [0, 0.05) is 13.1 Å². The first-order valence-corrected chi connectivity index (χ1v) is 8.03. The first-order chi connectivity index (χ1) is 10.2. The third-order valence-electron chi connectivity index (χ3n) is 4.82. The Kier molecular flexibility index (Phi) is 4.04. The lowest BCUT2D eigenvalue weighted by Gasteiger charge is -2.35. The van der Waals surface area contributed by atoms with Gasteiger partial charge < -0.3 is 16.0 Å². The molecule has 1 atom stereocenters. The molecule has 114 valence electrons. The summed E-state index contributed by atoms with van der Waals surface area (Å²) >= 11 is 0. The standard InChI is InChI=1S/C17H25N3O/c1-17(9-5-2-6-10-17)12-19-16(21)15-11-18-13-7-3-4-8-14(13)20-15/h3-4,7-8,15,18,20H,2,5-6,9-12H2,1H3,(H,19,21). The van der Waals surface area contributed by atoms with Crippen LogP contribution in [0.25, 0.3) is 0 Å². The van der Waals surface area contributed by atoms with Crippen LogP contribution >= 0.6 is 0 Å². The van der Waals surface area contributed by atoms with Gasteiger partial charge in [-0.15, -0.1) is 0 Å². The summed E-state index contributed by atoms with van der Waals surface area (Å²) < 4.78 is 0. The van der Waals surface area contributed by atoms with Gasteiger partial charge in [0.15, 0.2) is 0 Å². The van der Waals surface area contributed by atoms with Crippen LogP contribution in [0.4, 0.5) is 11.4 Å². The molecule has 1 heterocycles. The van der Waals surface area contributed by atoms with Crippen LogP contribution in [0.5, 0.6) is 0 Å². The third kappa shape index (κ3) is 3.31. The number of rotatable bonds is 3. The van der Waals surface area contributed by atoms with Crippen molar-refractivity contribution in [2.24, 2.45) is 5.41 Å². The molecule has 0 saturated heterocycles. The average Bonchev–Trinajstić information content (AvgIpc) is 2.53. The number of nitrogens with one attached hydrogen (secondary N) is 3. The fourth-order valence-corrected chi connectivity index (χ4v) is 3.38. The normalized spacial score (nSPS) is 23.4. The summed E-state index contributed by atoms with van der Waals surface area (Å²) in [5, 5.41) is 9.79. The van der Waals surface area contributed by atoms with Crippen molar-refractivity contribution in [2.75, 3.05) is 23.7 Å². The molecule has 1 saturated carbocycles. The van der Waals surface area contributed by atoms with Crippen molar-refractivity contribution in [1.29, 1.82) is 0 Å². The van der Waals surface area contributed by atoms with Crippen LogP contribution in [-0.4, -0.2) is 25.0 Å². The van der Waals surface area contributed by atoms with Crippen LogP contribution < -0.4 is 16.0 Å². The van der Waals surface area contributed by atoms with Crippen LogP contribution in [0.3, 0.4) is 0 Å². The van der Waals surface area contributed by atoms with E-state index < -0.39 is 0 Å². The van der Waals surface area contributed by atoms with E-state index in [1.807, 2.05) is 24.3 Å². The van der Waals surface area contributed by atoms with Crippen molar-refractivity contribution in [1.82, 2.24) is 5.32 Å². The number of para-hydroxylation sites is 2. The zero-order valence-electron chi connectivity index (χ0n) is 12.7. The van der Waals surface area contributed by atoms with Crippen molar-refractivity contribution >= 4 is 17.3 Å². The molecule has 0 bridgehead atoms. The summed E-state index contributed by atoms with van der Waals surface area (Å²) in [6, 6.07) is 7.82. The van der Waals surface area contributed by atoms with Gasteiger partial charge in [-0.3, -0.25) is 4.79 Å². The number of amides is 1. The molecule has 1 aromatic carbocycles. The molecule has 0 spiro atoms. The van der Waals surface area contributed by atoms with Crippen LogP contribution in [0, 0.1) is 5.41 Å². The summed E-state index contributed by atoms with van der Waals surface area (Å²) in [5.74, 6) is 0.101. The molecule has 2 aliphatic rings. The minimum Gasteiger partial charge on any atom is -0.381 e. The maximum Gasteiger partial charge on any atom is 0.244 e. The van der Waals surface area contributed by atoms with Crippen LogP contribution in [0.15, 0.2) is 24.3 Å². The molecule has 1 amide bonds. The largest absolute Gasteiger partial charge is 0.381 e. The van der Waals surface area contributed by atoms with Crippen LogP contribution in [-0.2, 0) is 4.79 Å². The van der Waals surface area contributed by atoms with E-state index in [0.717, 1.165) is 17.9 Å². The Balaban J connectivity index is 1.55. The van der Waals surface area contributed by atoms with Gasteiger partial charge in [0.1, 0.15) is 6.04 Å². The van der Waals surface area contributed by atoms with Gasteiger partial charge in [0.05, 0.1) is 11.4 Å². The van der Waals surface area contributed by atoms with Crippen molar-refractivity contribution in [2.45, 2.75) is 45.1 Å². The van der Waals surface area contributed by atoms with E-state index in [4.69, 9.17) is 0 Å². The fraction of sp³-hybridized carbons (Fsp3) is 0.588. The number of hydrogen-bond acceptors (Lipinski definition) is 3. The van der Waals surface area contributed by atoms with Crippen molar-refractivity contribution in [3.8, 4) is 0 Å². The summed E-state index contributed by atoms with van der Waals surface area (Å²) in [6.07, 6.45) is 6.39. The highest BCUT2D eigenvalue weighted by Gasteiger charge is 2.29. The van der Waals surface area contributed by atoms with E-state index >= 15 is 0 Å². The quantitative estimate of drug-likeness (QED) is 0.801. The van der Waals surface area contributed by atoms with Gasteiger partial charge in [-0.25, -0.2) is 0 Å². The lowest BCUT2D eigenvalue weighted by molar-refractivity contribution is -0.122. The molecule has 3 N–H and O–H groups in total. The maximum atomic E-state index is 12.4. The molecule has 21 heavy (non-hydrogen) atoms. The van der Waals surface area contributed by atoms with Gasteiger partial charge in [-0.2, -0.15) is 0 Å². The monoisotopic (exact) mass is 287 g/mol. The van der Waals surface area contributed by atoms with Gasteiger partial charge in [-0.1, -0.05) is 38.3 Å². The molecular formula is C17H25N3O. The Hall–Kier alpha value is -1.71. The number of hydrogen-bond donors (Lipinski definition) is 3. The molecule has 1 aliphatic carbocycles. The SMILES string of the molecule is CC1(CNC(=O)C2CNc3ccccc3N2)CCCCC1. The van der Waals surface area contributed by atoms with Gasteiger partial charge in [0.2, 0.25) is 5.91 Å². The van der Waals surface area contributed by atoms with Gasteiger partial charge in [-0.05, 0) is 30.4 Å². The lowest BCUT2D eigenvalue weighted by Crippen LogP contribution is -2.48. The Bertz CT molecular complexity index is 509. The zero-order valence-corrected chi connectivity index (χ0v) is 12.7. The smallest absolute Gasteiger partial charge is 0.244 e. The first-order valence-electron chi connectivity index (χ1n) is 8.03. The highest BCUT2D eigenvalue weighted by Crippen LogP contribution is 2.35. The van der Waals surface area contributed by atoms with E-state index in [1.165, 1.54) is 32.1 Å². The summed E-state index contributed by atoms with van der Waals surface area (Å²) in [6.45, 7) is 3.74. The molecule has 4 nitrogen and oxygen atoms in total. The van der Waals surface area contributed by atoms with E-state index in [1.54, 1.807) is 0 Å². The van der Waals surface area contributed by atoms with Crippen molar-refractivity contribution in [3.05, 3.63) is 24.3 Å². The lowest BCUT2D eigenvalue weighted by atomic mass is 9.76. The Morgan fingerprint density at radius 2 is 1.95 bits per heavy atom. The van der Waals surface area contributed by atoms with Gasteiger partial charge in [0.25, 0.3) is 0 Å². The summed E-state index contributed by atoms with van der Waals surface area (Å²) in [4.78, 5) is 12.4. The van der Waals surface area contributed by atoms with Gasteiger partial charge >= 0.3 is 0 Å². The number of carbonyl (C=O) groups excluding carboxylic acids is 1. The molecule has 3 rings (SSSR count). The number of anilines is 2. The van der Waals surface area contributed by atoms with Crippen molar-refractivity contribution in [3.63, 3.8) is 0 Å². The minimum atomic E-state index is -0.188. The molecular weight excluding hydrogens is 262 g/mol. The van der Waals surface area contributed by atoms with E-state index in [0.29, 0.717) is 6.54 Å². The van der Waals surface area contributed by atoms with Crippen molar-refractivity contribution < 1.29 is 4.79 Å². The predicted octanol–water partition coefficient (Wildman–Crippen LogP) is 2.98. The second-order valence-corrected chi connectivity index (χ2v) is 6.71. The Morgan fingerprint density at radius 1 is 1.24 bits per heavy atom. The van der Waals surface area contributed by atoms with E-state index in [-0.39, 0.29) is 17.4 Å².